The number of nitrogens with one attached hydrogen (secondary N) is 3. The first-order chi connectivity index (χ1) is 16.4. The minimum Gasteiger partial charge on any atom is -0.370 e. The van der Waals surface area contributed by atoms with Gasteiger partial charge in [0.15, 0.2) is 5.96 Å². The number of hydrogen-bond acceptors (Lipinski definition) is 6. The molecule has 3 aromatic rings. The Balaban J connectivity index is 1.33. The number of carbonyl (C=O) groups is 2. The van der Waals surface area contributed by atoms with E-state index in [2.05, 4.69) is 20.6 Å². The zero-order valence-electron chi connectivity index (χ0n) is 18.6. The molecule has 4 rings (SSSR count). The molecule has 3 aromatic heterocycles. The Hall–Kier alpha value is -3.18. The van der Waals surface area contributed by atoms with E-state index in [9.17, 15) is 9.59 Å². The van der Waals surface area contributed by atoms with E-state index in [-0.39, 0.29) is 23.8 Å². The monoisotopic (exact) mass is 502 g/mol. The van der Waals surface area contributed by atoms with E-state index in [4.69, 9.17) is 22.7 Å². The van der Waals surface area contributed by atoms with Gasteiger partial charge in [0.1, 0.15) is 22.0 Å². The van der Waals surface area contributed by atoms with E-state index in [0.717, 1.165) is 37.1 Å². The van der Waals surface area contributed by atoms with Crippen LogP contribution in [0.5, 0.6) is 0 Å². The van der Waals surface area contributed by atoms with E-state index in [1.165, 1.54) is 11.3 Å². The molecule has 34 heavy (non-hydrogen) atoms. The van der Waals surface area contributed by atoms with Gasteiger partial charge in [0.05, 0.1) is 11.1 Å². The van der Waals surface area contributed by atoms with Crippen molar-refractivity contribution in [2.75, 3.05) is 19.6 Å². The third-order valence-electron chi connectivity index (χ3n) is 5.64. The van der Waals surface area contributed by atoms with Gasteiger partial charge in [-0.3, -0.25) is 15.0 Å². The van der Waals surface area contributed by atoms with Crippen molar-refractivity contribution in [3.05, 3.63) is 51.3 Å². The highest BCUT2D eigenvalue weighted by Gasteiger charge is 2.34. The summed E-state index contributed by atoms with van der Waals surface area (Å²) in [6.07, 6.45) is 7.70. The molecule has 0 radical (unpaired) electrons. The Morgan fingerprint density at radius 2 is 1.94 bits per heavy atom. The number of pyridine rings is 1. The molecule has 1 fully saturated rings. The van der Waals surface area contributed by atoms with Gasteiger partial charge >= 0.3 is 0 Å². The number of carbonyl (C=O) groups excluding carboxylic acids is 2. The van der Waals surface area contributed by atoms with Gasteiger partial charge in [-0.2, -0.15) is 0 Å². The number of aromatic nitrogens is 3. The van der Waals surface area contributed by atoms with Crippen LogP contribution in [0.3, 0.4) is 0 Å². The normalized spacial score (nSPS) is 15.6. The van der Waals surface area contributed by atoms with Gasteiger partial charge in [-0.05, 0) is 44.2 Å². The van der Waals surface area contributed by atoms with E-state index in [0.29, 0.717) is 41.7 Å². The Kier molecular flexibility index (Phi) is 7.63. The maximum Gasteiger partial charge on any atom is 0.274 e. The molecule has 1 unspecified atom stereocenters. The molecule has 0 aromatic carbocycles. The quantitative estimate of drug-likeness (QED) is 0.201. The lowest BCUT2D eigenvalue weighted by atomic mass is 10.2. The summed E-state index contributed by atoms with van der Waals surface area (Å²) in [6, 6.07) is 3.35. The number of unbranched alkanes of at least 4 members (excludes halogenated alkanes) is 2. The maximum absolute atomic E-state index is 13.2. The number of imidazole rings is 1. The number of guanidine groups is 1. The lowest BCUT2D eigenvalue weighted by molar-refractivity contribution is 0.0730. The number of hydrogen-bond donors (Lipinski definition) is 4. The molecule has 0 saturated carbocycles. The zero-order chi connectivity index (χ0) is 24.1. The number of rotatable bonds is 9. The van der Waals surface area contributed by atoms with Crippen LogP contribution >= 0.6 is 22.9 Å². The van der Waals surface area contributed by atoms with Crippen molar-refractivity contribution in [3.63, 3.8) is 0 Å². The Morgan fingerprint density at radius 3 is 2.74 bits per heavy atom. The van der Waals surface area contributed by atoms with Crippen molar-refractivity contribution in [1.29, 1.82) is 5.41 Å². The van der Waals surface area contributed by atoms with Crippen molar-refractivity contribution < 1.29 is 9.59 Å². The van der Waals surface area contributed by atoms with Crippen LogP contribution in [-0.4, -0.2) is 56.7 Å². The summed E-state index contributed by atoms with van der Waals surface area (Å²) in [5.74, 6) is -0.390. The van der Waals surface area contributed by atoms with Gasteiger partial charge in [-0.15, -0.1) is 11.3 Å². The number of amides is 2. The van der Waals surface area contributed by atoms with Crippen molar-refractivity contribution in [3.8, 4) is 0 Å². The number of thiazole rings is 1. The molecule has 1 aliphatic heterocycles. The van der Waals surface area contributed by atoms with Crippen LogP contribution in [0.4, 0.5) is 0 Å². The van der Waals surface area contributed by atoms with Gasteiger partial charge in [0.2, 0.25) is 0 Å². The average molecular weight is 503 g/mol. The van der Waals surface area contributed by atoms with Gasteiger partial charge in [-0.25, -0.2) is 9.97 Å². The molecule has 1 atom stereocenters. The molecule has 1 saturated heterocycles. The van der Waals surface area contributed by atoms with Crippen LogP contribution < -0.4 is 16.4 Å². The smallest absolute Gasteiger partial charge is 0.274 e. The largest absolute Gasteiger partial charge is 0.370 e. The van der Waals surface area contributed by atoms with Crippen LogP contribution in [0.2, 0.25) is 5.02 Å². The lowest BCUT2D eigenvalue weighted by Gasteiger charge is -2.22. The molecule has 1 aliphatic rings. The van der Waals surface area contributed by atoms with E-state index in [1.807, 2.05) is 0 Å². The van der Waals surface area contributed by atoms with Gasteiger partial charge in [-0.1, -0.05) is 11.6 Å². The van der Waals surface area contributed by atoms with Crippen molar-refractivity contribution in [1.82, 2.24) is 29.9 Å². The predicted octanol–water partition coefficient (Wildman–Crippen LogP) is 2.80. The van der Waals surface area contributed by atoms with Crippen LogP contribution in [-0.2, 0) is 0 Å². The SMILES string of the molecule is N=C(N)NCCCCCNC(=O)c1csc(C2CCCN2C(=O)c2cn3cc(Cl)ccc3n2)n1. The minimum atomic E-state index is -0.211. The first-order valence-corrected chi connectivity index (χ1v) is 12.4. The number of nitrogens with two attached hydrogens (primary N) is 1. The molecule has 4 heterocycles. The number of fused-ring (bicyclic) bond motifs is 1. The fraction of sp³-hybridized carbons (Fsp3) is 0.409. The summed E-state index contributed by atoms with van der Waals surface area (Å²) in [5.41, 5.74) is 6.64. The summed E-state index contributed by atoms with van der Waals surface area (Å²) in [5, 5.41) is 15.8. The highest BCUT2D eigenvalue weighted by molar-refractivity contribution is 7.09. The first-order valence-electron chi connectivity index (χ1n) is 11.2. The Labute approximate surface area is 206 Å². The van der Waals surface area contributed by atoms with Gasteiger partial charge in [0.25, 0.3) is 11.8 Å². The van der Waals surface area contributed by atoms with Crippen LogP contribution in [0.15, 0.2) is 29.9 Å². The highest BCUT2D eigenvalue weighted by Crippen LogP contribution is 2.34. The van der Waals surface area contributed by atoms with Gasteiger partial charge < -0.3 is 25.7 Å². The van der Waals surface area contributed by atoms with E-state index >= 15 is 0 Å². The summed E-state index contributed by atoms with van der Waals surface area (Å²) in [7, 11) is 0. The molecule has 12 heteroatoms. The minimum absolute atomic E-state index is 0.0292. The van der Waals surface area contributed by atoms with Crippen molar-refractivity contribution in [2.24, 2.45) is 5.73 Å². The summed E-state index contributed by atoms with van der Waals surface area (Å²) < 4.78 is 1.74. The van der Waals surface area contributed by atoms with Crippen molar-refractivity contribution in [2.45, 2.75) is 38.1 Å². The maximum atomic E-state index is 13.2. The molecule has 5 N–H and O–H groups in total. The molecule has 0 spiro atoms. The molecular weight excluding hydrogens is 476 g/mol. The van der Waals surface area contributed by atoms with Crippen LogP contribution in [0.25, 0.3) is 5.65 Å². The second-order valence-electron chi connectivity index (χ2n) is 8.12. The standard InChI is InChI=1S/C22H27ClN8O2S/c23-14-6-7-18-28-15(12-30(18)11-14)21(33)31-10-4-5-17(31)20-29-16(13-34-20)19(32)26-8-2-1-3-9-27-22(24)25/h6-7,11-13,17H,1-5,8-10H2,(H,26,32)(H4,24,25,27). The topological polar surface area (TPSA) is 142 Å². The fourth-order valence-electron chi connectivity index (χ4n) is 3.97. The van der Waals surface area contributed by atoms with Crippen LogP contribution in [0, 0.1) is 5.41 Å². The van der Waals surface area contributed by atoms with Crippen LogP contribution in [0.1, 0.15) is 64.1 Å². The third kappa shape index (κ3) is 5.65. The summed E-state index contributed by atoms with van der Waals surface area (Å²) in [4.78, 5) is 36.5. The average Bonchev–Trinajstić information content (AvgIpc) is 3.56. The van der Waals surface area contributed by atoms with Crippen molar-refractivity contribution >= 4 is 46.4 Å². The number of nitrogens with zero attached hydrogens (tertiary/aromatic N) is 4. The summed E-state index contributed by atoms with van der Waals surface area (Å²) >= 11 is 7.44. The molecule has 0 aliphatic carbocycles. The predicted molar refractivity (Wildman–Crippen MR) is 131 cm³/mol. The number of halogens is 1. The van der Waals surface area contributed by atoms with E-state index < -0.39 is 0 Å². The fourth-order valence-corrected chi connectivity index (χ4v) is 5.08. The summed E-state index contributed by atoms with van der Waals surface area (Å²) in [6.45, 7) is 1.83. The Bertz CT molecular complexity index is 1190. The third-order valence-corrected chi connectivity index (χ3v) is 6.81. The second-order valence-corrected chi connectivity index (χ2v) is 9.45. The second kappa shape index (κ2) is 10.8. The zero-order valence-corrected chi connectivity index (χ0v) is 20.2. The lowest BCUT2D eigenvalue weighted by Crippen LogP contribution is -2.31. The first kappa shape index (κ1) is 24.0. The molecule has 0 bridgehead atoms. The molecule has 2 amide bonds. The Morgan fingerprint density at radius 1 is 1.15 bits per heavy atom. The van der Waals surface area contributed by atoms with Gasteiger partial charge in [0, 0.05) is 37.4 Å². The molecule has 180 valence electrons. The van der Waals surface area contributed by atoms with E-state index in [1.54, 1.807) is 39.2 Å². The molecular formula is C22H27ClN8O2S. The highest BCUT2D eigenvalue weighted by atomic mass is 35.5. The number of likely N-dealkylation sites (tertiary alicyclic amines) is 1. The molecule has 10 nitrogen and oxygen atoms in total.